The number of anilines is 1. The molecule has 9 heteroatoms. The zero-order valence-corrected chi connectivity index (χ0v) is 12.5. The molecule has 1 aliphatic heterocycles. The van der Waals surface area contributed by atoms with E-state index in [2.05, 4.69) is 5.43 Å². The number of aliphatic hydroxyl groups excluding tert-OH is 1. The van der Waals surface area contributed by atoms with Crippen LogP contribution in [-0.4, -0.2) is 16.9 Å². The van der Waals surface area contributed by atoms with Crippen molar-refractivity contribution in [2.45, 2.75) is 12.8 Å². The summed E-state index contributed by atoms with van der Waals surface area (Å²) in [5.41, 5.74) is 0.853. The van der Waals surface area contributed by atoms with Crippen LogP contribution in [0.3, 0.4) is 0 Å². The second kappa shape index (κ2) is 6.10. The Morgan fingerprint density at radius 3 is 2.60 bits per heavy atom. The van der Waals surface area contributed by atoms with Crippen LogP contribution in [0.15, 0.2) is 46.4 Å². The lowest BCUT2D eigenvalue weighted by molar-refractivity contribution is -0.137. The largest absolute Gasteiger partial charge is 0.459 e. The predicted molar refractivity (Wildman–Crippen MR) is 79.7 cm³/mol. The van der Waals surface area contributed by atoms with Crippen LogP contribution in [0.4, 0.5) is 18.9 Å². The van der Waals surface area contributed by atoms with E-state index >= 15 is 0 Å². The quantitative estimate of drug-likeness (QED) is 0.656. The van der Waals surface area contributed by atoms with E-state index < -0.39 is 23.6 Å². The fourth-order valence-electron chi connectivity index (χ4n) is 2.26. The van der Waals surface area contributed by atoms with Gasteiger partial charge in [-0.3, -0.25) is 15.0 Å². The maximum Gasteiger partial charge on any atom is 0.416 e. The van der Waals surface area contributed by atoms with Crippen LogP contribution >= 0.6 is 0 Å². The van der Waals surface area contributed by atoms with Gasteiger partial charge in [-0.1, -0.05) is 6.07 Å². The highest BCUT2D eigenvalue weighted by molar-refractivity contribution is 6.31. The second-order valence-corrected chi connectivity index (χ2v) is 5.15. The number of halogens is 3. The maximum absolute atomic E-state index is 12.8. The van der Waals surface area contributed by atoms with Crippen molar-refractivity contribution in [3.8, 4) is 0 Å². The highest BCUT2D eigenvalue weighted by atomic mass is 19.4. The van der Waals surface area contributed by atoms with Gasteiger partial charge in [-0.2, -0.15) is 13.2 Å². The molecule has 2 heterocycles. The molecule has 0 spiro atoms. The number of nitrogens with one attached hydrogen (secondary N) is 1. The van der Waals surface area contributed by atoms with Gasteiger partial charge in [0.1, 0.15) is 23.7 Å². The van der Waals surface area contributed by atoms with Crippen LogP contribution in [0.25, 0.3) is 6.08 Å². The topological polar surface area (TPSA) is 82.8 Å². The van der Waals surface area contributed by atoms with Gasteiger partial charge >= 0.3 is 6.18 Å². The molecule has 1 aromatic heterocycles. The lowest BCUT2D eigenvalue weighted by Gasteiger charge is -2.16. The lowest BCUT2D eigenvalue weighted by Crippen LogP contribution is -2.35. The van der Waals surface area contributed by atoms with Gasteiger partial charge in [0.15, 0.2) is 0 Å². The number of benzene rings is 1. The number of aliphatic hydroxyl groups is 1. The van der Waals surface area contributed by atoms with Crippen molar-refractivity contribution in [3.63, 3.8) is 0 Å². The minimum absolute atomic E-state index is 0.118. The summed E-state index contributed by atoms with van der Waals surface area (Å²) < 4.78 is 43.6. The number of nitrogens with zero attached hydrogens (tertiary/aromatic N) is 1. The molecule has 130 valence electrons. The smallest absolute Gasteiger partial charge is 0.416 e. The van der Waals surface area contributed by atoms with Crippen LogP contribution < -0.4 is 10.4 Å². The number of carbonyl (C=O) groups excluding carboxylic acids is 2. The van der Waals surface area contributed by atoms with Gasteiger partial charge < -0.3 is 9.52 Å². The molecule has 0 saturated carbocycles. The average molecular weight is 352 g/mol. The Balaban J connectivity index is 1.91. The fourth-order valence-corrected chi connectivity index (χ4v) is 2.26. The van der Waals surface area contributed by atoms with Crippen molar-refractivity contribution in [2.75, 3.05) is 5.01 Å². The number of hydrogen-bond acceptors (Lipinski definition) is 4. The summed E-state index contributed by atoms with van der Waals surface area (Å²) in [6.45, 7) is -0.348. The number of furan rings is 1. The van der Waals surface area contributed by atoms with Crippen molar-refractivity contribution in [2.24, 2.45) is 0 Å². The van der Waals surface area contributed by atoms with Gasteiger partial charge in [0.2, 0.25) is 0 Å². The number of carbonyl (C=O) groups is 2. The third-order valence-electron chi connectivity index (χ3n) is 3.45. The van der Waals surface area contributed by atoms with E-state index in [-0.39, 0.29) is 29.4 Å². The number of rotatable bonds is 3. The molecule has 1 saturated heterocycles. The first kappa shape index (κ1) is 16.8. The summed E-state index contributed by atoms with van der Waals surface area (Å²) in [7, 11) is 0. The molecule has 1 aromatic carbocycles. The minimum Gasteiger partial charge on any atom is -0.459 e. The van der Waals surface area contributed by atoms with Crippen LogP contribution in [0.1, 0.15) is 17.1 Å². The van der Waals surface area contributed by atoms with Crippen molar-refractivity contribution < 1.29 is 32.3 Å². The summed E-state index contributed by atoms with van der Waals surface area (Å²) in [6, 6.07) is 6.95. The summed E-state index contributed by atoms with van der Waals surface area (Å²) >= 11 is 0. The Bertz CT molecular complexity index is 870. The molecule has 2 aromatic rings. The Kier molecular flexibility index (Phi) is 4.09. The van der Waals surface area contributed by atoms with E-state index in [1.807, 2.05) is 0 Å². The van der Waals surface area contributed by atoms with Crippen LogP contribution in [0.2, 0.25) is 0 Å². The Labute approximate surface area is 139 Å². The zero-order chi connectivity index (χ0) is 18.2. The molecule has 1 fully saturated rings. The molecule has 0 bridgehead atoms. The van der Waals surface area contributed by atoms with Crippen molar-refractivity contribution >= 4 is 23.6 Å². The zero-order valence-electron chi connectivity index (χ0n) is 12.5. The van der Waals surface area contributed by atoms with Crippen molar-refractivity contribution in [3.05, 3.63) is 59.1 Å². The van der Waals surface area contributed by atoms with E-state index in [4.69, 9.17) is 9.52 Å². The normalized spacial score (nSPS) is 16.6. The maximum atomic E-state index is 12.8. The van der Waals surface area contributed by atoms with Gasteiger partial charge in [0.05, 0.1) is 11.3 Å². The molecule has 0 unspecified atom stereocenters. The van der Waals surface area contributed by atoms with Gasteiger partial charge in [-0.15, -0.1) is 0 Å². The average Bonchev–Trinajstić information content (AvgIpc) is 3.14. The van der Waals surface area contributed by atoms with E-state index in [9.17, 15) is 22.8 Å². The highest BCUT2D eigenvalue weighted by Gasteiger charge is 2.36. The fraction of sp³-hybridized carbons (Fsp3) is 0.125. The van der Waals surface area contributed by atoms with E-state index in [0.29, 0.717) is 0 Å². The molecule has 0 atom stereocenters. The third-order valence-corrected chi connectivity index (χ3v) is 3.45. The van der Waals surface area contributed by atoms with Crippen molar-refractivity contribution in [1.82, 2.24) is 5.43 Å². The molecular weight excluding hydrogens is 341 g/mol. The molecule has 0 radical (unpaired) electrons. The summed E-state index contributed by atoms with van der Waals surface area (Å²) in [5.74, 6) is -1.18. The Morgan fingerprint density at radius 1 is 1.20 bits per heavy atom. The SMILES string of the molecule is O=C1NN(c2cccc(C(F)(F)F)c2)C(=O)C1=Cc1ccc(CO)o1. The number of hydrazine groups is 1. The molecule has 25 heavy (non-hydrogen) atoms. The first-order chi connectivity index (χ1) is 11.8. The Hall–Kier alpha value is -3.07. The molecular formula is C16H11F3N2O4. The minimum atomic E-state index is -4.57. The molecule has 2 amide bonds. The van der Waals surface area contributed by atoms with Gasteiger partial charge in [-0.05, 0) is 36.4 Å². The number of hydrogen-bond donors (Lipinski definition) is 2. The molecule has 3 rings (SSSR count). The first-order valence-electron chi connectivity index (χ1n) is 7.03. The van der Waals surface area contributed by atoms with Crippen LogP contribution in [0, 0.1) is 0 Å². The summed E-state index contributed by atoms with van der Waals surface area (Å²) in [6.07, 6.45) is -3.42. The summed E-state index contributed by atoms with van der Waals surface area (Å²) in [5, 5.41) is 9.67. The van der Waals surface area contributed by atoms with Gasteiger partial charge in [0, 0.05) is 0 Å². The first-order valence-corrected chi connectivity index (χ1v) is 7.03. The van der Waals surface area contributed by atoms with Gasteiger partial charge in [0.25, 0.3) is 11.8 Å². The van der Waals surface area contributed by atoms with E-state index in [0.717, 1.165) is 29.3 Å². The summed E-state index contributed by atoms with van der Waals surface area (Å²) in [4.78, 5) is 24.3. The van der Waals surface area contributed by atoms with Crippen LogP contribution in [-0.2, 0) is 22.4 Å². The highest BCUT2D eigenvalue weighted by Crippen LogP contribution is 2.32. The molecule has 2 N–H and O–H groups in total. The van der Waals surface area contributed by atoms with Crippen molar-refractivity contribution in [1.29, 1.82) is 0 Å². The van der Waals surface area contributed by atoms with Gasteiger partial charge in [-0.25, -0.2) is 5.01 Å². The van der Waals surface area contributed by atoms with E-state index in [1.54, 1.807) is 0 Å². The predicted octanol–water partition coefficient (Wildman–Crippen LogP) is 2.25. The standard InChI is InChI=1S/C16H11F3N2O4/c17-16(18,19)9-2-1-3-10(6-9)21-15(24)13(14(23)20-21)7-11-4-5-12(8-22)25-11/h1-7,22H,8H2,(H,20,23). The lowest BCUT2D eigenvalue weighted by atomic mass is 10.1. The Morgan fingerprint density at radius 2 is 1.96 bits per heavy atom. The molecule has 6 nitrogen and oxygen atoms in total. The second-order valence-electron chi connectivity index (χ2n) is 5.15. The monoisotopic (exact) mass is 352 g/mol. The molecule has 0 aliphatic carbocycles. The third kappa shape index (κ3) is 3.26. The number of amides is 2. The van der Waals surface area contributed by atoms with Crippen LogP contribution in [0.5, 0.6) is 0 Å². The van der Waals surface area contributed by atoms with E-state index in [1.165, 1.54) is 18.2 Å². The molecule has 1 aliphatic rings. The number of alkyl halides is 3.